The molecule has 0 aromatic carbocycles. The van der Waals surface area contributed by atoms with Crippen molar-refractivity contribution in [3.05, 3.63) is 12.5 Å². The Bertz CT molecular complexity index is 409. The fraction of sp³-hybridized carbons (Fsp3) is 0.667. The largest absolute Gasteiger partial charge is 0.335 e. The molecule has 0 radical (unpaired) electrons. The molecule has 0 fully saturated rings. The van der Waals surface area contributed by atoms with Gasteiger partial charge < -0.3 is 4.98 Å². The third-order valence-electron chi connectivity index (χ3n) is 2.83. The fourth-order valence-electron chi connectivity index (χ4n) is 1.08. The second kappa shape index (κ2) is 3.94. The maximum Gasteiger partial charge on any atom is 0.260 e. The first-order valence-corrected chi connectivity index (χ1v) is 6.24. The Balaban J connectivity index is 3.09. The van der Waals surface area contributed by atoms with Gasteiger partial charge in [-0.25, -0.2) is 13.4 Å². The molecule has 0 aliphatic rings. The second-order valence-electron chi connectivity index (χ2n) is 4.05. The van der Waals surface area contributed by atoms with Crippen LogP contribution in [0.3, 0.4) is 0 Å². The molecule has 0 unspecified atom stereocenters. The summed E-state index contributed by atoms with van der Waals surface area (Å²) in [7, 11) is -1.87. The summed E-state index contributed by atoms with van der Waals surface area (Å²) in [6, 6.07) is 0. The van der Waals surface area contributed by atoms with Gasteiger partial charge in [0.1, 0.15) is 0 Å². The second-order valence-corrected chi connectivity index (χ2v) is 5.99. The highest BCUT2D eigenvalue weighted by Crippen LogP contribution is 2.23. The van der Waals surface area contributed by atoms with Gasteiger partial charge in [-0.15, -0.1) is 0 Å². The van der Waals surface area contributed by atoms with Crippen LogP contribution in [0.1, 0.15) is 27.2 Å². The molecule has 1 N–H and O–H groups in total. The van der Waals surface area contributed by atoms with Crippen LogP contribution in [0.2, 0.25) is 0 Å². The highest BCUT2D eigenvalue weighted by Gasteiger charge is 2.33. The van der Waals surface area contributed by atoms with Gasteiger partial charge in [-0.1, -0.05) is 6.92 Å². The molecule has 0 atom stereocenters. The summed E-state index contributed by atoms with van der Waals surface area (Å²) >= 11 is 0. The van der Waals surface area contributed by atoms with E-state index in [1.54, 1.807) is 7.05 Å². The summed E-state index contributed by atoms with van der Waals surface area (Å²) in [6.45, 7) is 5.74. The summed E-state index contributed by atoms with van der Waals surface area (Å²) in [5.74, 6) is 0. The molecular formula is C9H17N3O2S. The van der Waals surface area contributed by atoms with Crippen molar-refractivity contribution in [1.82, 2.24) is 14.3 Å². The molecule has 0 spiro atoms. The first-order valence-electron chi connectivity index (χ1n) is 4.80. The van der Waals surface area contributed by atoms with Crippen molar-refractivity contribution in [2.75, 3.05) is 7.05 Å². The molecule has 1 rings (SSSR count). The summed E-state index contributed by atoms with van der Waals surface area (Å²) in [4.78, 5) is 6.33. The lowest BCUT2D eigenvalue weighted by atomic mass is 10.0. The van der Waals surface area contributed by atoms with Crippen LogP contribution in [0.4, 0.5) is 0 Å². The molecule has 86 valence electrons. The highest BCUT2D eigenvalue weighted by atomic mass is 32.2. The van der Waals surface area contributed by atoms with Crippen LogP contribution in [0.5, 0.6) is 0 Å². The van der Waals surface area contributed by atoms with Crippen LogP contribution in [0, 0.1) is 0 Å². The first-order chi connectivity index (χ1) is 6.82. The van der Waals surface area contributed by atoms with Crippen molar-refractivity contribution in [1.29, 1.82) is 0 Å². The SMILES string of the molecule is CCC(C)(C)N(C)S(=O)(=O)c1cnc[nH]1. The van der Waals surface area contributed by atoms with Crippen LogP contribution in [-0.4, -0.2) is 35.3 Å². The number of imidazole rings is 1. The van der Waals surface area contributed by atoms with Crippen LogP contribution >= 0.6 is 0 Å². The molecule has 15 heavy (non-hydrogen) atoms. The number of nitrogens with one attached hydrogen (secondary N) is 1. The molecular weight excluding hydrogens is 214 g/mol. The monoisotopic (exact) mass is 231 g/mol. The number of H-pyrrole nitrogens is 1. The lowest BCUT2D eigenvalue weighted by Gasteiger charge is -2.33. The van der Waals surface area contributed by atoms with Crippen molar-refractivity contribution in [3.63, 3.8) is 0 Å². The van der Waals surface area contributed by atoms with Gasteiger partial charge in [0.15, 0.2) is 5.03 Å². The van der Waals surface area contributed by atoms with E-state index in [0.29, 0.717) is 0 Å². The van der Waals surface area contributed by atoms with Crippen molar-refractivity contribution in [2.24, 2.45) is 0 Å². The zero-order valence-corrected chi connectivity index (χ0v) is 10.3. The number of sulfonamides is 1. The van der Waals surface area contributed by atoms with Crippen LogP contribution in [0.15, 0.2) is 17.6 Å². The number of rotatable bonds is 4. The molecule has 0 bridgehead atoms. The van der Waals surface area contributed by atoms with E-state index in [-0.39, 0.29) is 5.03 Å². The molecule has 1 aromatic rings. The van der Waals surface area contributed by atoms with E-state index in [4.69, 9.17) is 0 Å². The minimum absolute atomic E-state index is 0.131. The number of aromatic amines is 1. The maximum atomic E-state index is 12.1. The van der Waals surface area contributed by atoms with Gasteiger partial charge in [-0.3, -0.25) is 0 Å². The van der Waals surface area contributed by atoms with E-state index in [0.717, 1.165) is 6.42 Å². The van der Waals surface area contributed by atoms with Crippen LogP contribution in [-0.2, 0) is 10.0 Å². The molecule has 0 aliphatic heterocycles. The summed E-state index contributed by atoms with van der Waals surface area (Å²) in [5.41, 5.74) is -0.399. The van der Waals surface area contributed by atoms with Gasteiger partial charge in [-0.05, 0) is 20.3 Å². The predicted octanol–water partition coefficient (Wildman–Crippen LogP) is 1.22. The molecule has 5 nitrogen and oxygen atoms in total. The molecule has 0 amide bonds. The zero-order valence-electron chi connectivity index (χ0n) is 9.48. The van der Waals surface area contributed by atoms with Gasteiger partial charge in [0, 0.05) is 12.6 Å². The standard InChI is InChI=1S/C9H17N3O2S/c1-5-9(2,3)12(4)15(13,14)8-6-10-7-11-8/h6-7H,5H2,1-4H3,(H,10,11). The van der Waals surface area contributed by atoms with Gasteiger partial charge in [-0.2, -0.15) is 4.31 Å². The summed E-state index contributed by atoms with van der Waals surface area (Å²) in [5, 5.41) is 0.131. The first kappa shape index (κ1) is 12.2. The molecule has 0 aliphatic carbocycles. The normalized spacial score (nSPS) is 13.4. The van der Waals surface area contributed by atoms with E-state index in [1.807, 2.05) is 20.8 Å². The summed E-state index contributed by atoms with van der Waals surface area (Å²) < 4.78 is 25.5. The average molecular weight is 231 g/mol. The van der Waals surface area contributed by atoms with E-state index in [2.05, 4.69) is 9.97 Å². The van der Waals surface area contributed by atoms with Gasteiger partial charge in [0.05, 0.1) is 12.5 Å². The fourth-order valence-corrected chi connectivity index (χ4v) is 2.55. The Morgan fingerprint density at radius 2 is 2.13 bits per heavy atom. The maximum absolute atomic E-state index is 12.1. The zero-order chi connectivity index (χ0) is 11.7. The van der Waals surface area contributed by atoms with Crippen molar-refractivity contribution in [2.45, 2.75) is 37.8 Å². The highest BCUT2D eigenvalue weighted by molar-refractivity contribution is 7.89. The Morgan fingerprint density at radius 3 is 2.53 bits per heavy atom. The number of aromatic nitrogens is 2. The lowest BCUT2D eigenvalue weighted by molar-refractivity contribution is 0.256. The van der Waals surface area contributed by atoms with Crippen molar-refractivity contribution in [3.8, 4) is 0 Å². The van der Waals surface area contributed by atoms with Crippen LogP contribution < -0.4 is 0 Å². The van der Waals surface area contributed by atoms with Gasteiger partial charge in [0.25, 0.3) is 10.0 Å². The van der Waals surface area contributed by atoms with E-state index >= 15 is 0 Å². The quantitative estimate of drug-likeness (QED) is 0.847. The Hall–Kier alpha value is -0.880. The number of nitrogens with zero attached hydrogens (tertiary/aromatic N) is 2. The molecule has 1 aromatic heterocycles. The predicted molar refractivity (Wildman–Crippen MR) is 57.9 cm³/mol. The molecule has 6 heteroatoms. The van der Waals surface area contributed by atoms with Crippen molar-refractivity contribution >= 4 is 10.0 Å². The topological polar surface area (TPSA) is 66.1 Å². The minimum atomic E-state index is -3.45. The number of hydrogen-bond donors (Lipinski definition) is 1. The molecule has 0 saturated heterocycles. The third-order valence-corrected chi connectivity index (χ3v) is 4.82. The van der Waals surface area contributed by atoms with Gasteiger partial charge >= 0.3 is 0 Å². The van der Waals surface area contributed by atoms with E-state index < -0.39 is 15.6 Å². The third kappa shape index (κ3) is 2.21. The Labute approximate surface area is 90.6 Å². The number of hydrogen-bond acceptors (Lipinski definition) is 3. The molecule has 0 saturated carbocycles. The Morgan fingerprint density at radius 1 is 1.53 bits per heavy atom. The smallest absolute Gasteiger partial charge is 0.260 e. The average Bonchev–Trinajstić information content (AvgIpc) is 2.69. The van der Waals surface area contributed by atoms with Crippen LogP contribution in [0.25, 0.3) is 0 Å². The van der Waals surface area contributed by atoms with E-state index in [9.17, 15) is 8.42 Å². The Kier molecular flexibility index (Phi) is 3.20. The van der Waals surface area contributed by atoms with Crippen molar-refractivity contribution < 1.29 is 8.42 Å². The van der Waals surface area contributed by atoms with E-state index in [1.165, 1.54) is 16.8 Å². The van der Waals surface area contributed by atoms with Gasteiger partial charge in [0.2, 0.25) is 0 Å². The molecule has 1 heterocycles. The summed E-state index contributed by atoms with van der Waals surface area (Å²) in [6.07, 6.45) is 3.42. The minimum Gasteiger partial charge on any atom is -0.335 e. The lowest BCUT2D eigenvalue weighted by Crippen LogP contribution is -2.44.